The lowest BCUT2D eigenvalue weighted by Crippen LogP contribution is -2.19. The van der Waals surface area contributed by atoms with Crippen molar-refractivity contribution in [2.75, 3.05) is 15.4 Å². The monoisotopic (exact) mass is 479 g/mol. The molecule has 4 rings (SSSR count). The van der Waals surface area contributed by atoms with Crippen molar-refractivity contribution in [3.8, 4) is 5.69 Å². The molecule has 0 aliphatic carbocycles. The fraction of sp³-hybridized carbons (Fsp3) is 0.0833. The number of nitrogens with zero attached hydrogens (tertiary/aromatic N) is 2. The first kappa shape index (κ1) is 23.0. The number of rotatable bonds is 6. The number of urea groups is 1. The molecule has 0 saturated carbocycles. The van der Waals surface area contributed by atoms with E-state index in [4.69, 9.17) is 0 Å². The smallest absolute Gasteiger partial charge is 0.308 e. The van der Waals surface area contributed by atoms with Crippen LogP contribution < -0.4 is 15.4 Å². The molecule has 10 heteroatoms. The molecule has 34 heavy (non-hydrogen) atoms. The maximum absolute atomic E-state index is 13.3. The molecule has 0 aliphatic heterocycles. The van der Waals surface area contributed by atoms with Crippen LogP contribution in [0.25, 0.3) is 5.69 Å². The number of benzene rings is 3. The standard InChI is InChI=1S/C24H22FN5O3S/c1-16-23(17(2)30(28-16)22-14-8-18(25)9-15-22)34(32,33)29-21-12-10-20(11-13-21)27-24(31)26-19-6-4-3-5-7-19/h3-15,29H,1-2H3,(H2,26,27,31). The normalized spacial score (nSPS) is 11.1. The van der Waals surface area contributed by atoms with E-state index in [1.54, 1.807) is 50.2 Å². The number of anilines is 3. The number of halogens is 1. The average molecular weight is 480 g/mol. The van der Waals surface area contributed by atoms with E-state index in [1.165, 1.54) is 28.9 Å². The molecule has 0 unspecified atom stereocenters. The molecule has 0 radical (unpaired) electrons. The summed E-state index contributed by atoms with van der Waals surface area (Å²) < 4.78 is 43.5. The van der Waals surface area contributed by atoms with E-state index in [2.05, 4.69) is 20.5 Å². The first-order valence-corrected chi connectivity index (χ1v) is 11.8. The third-order valence-corrected chi connectivity index (χ3v) is 6.62. The Balaban J connectivity index is 1.48. The zero-order valence-electron chi connectivity index (χ0n) is 18.4. The summed E-state index contributed by atoms with van der Waals surface area (Å²) in [7, 11) is -3.95. The fourth-order valence-corrected chi connectivity index (χ4v) is 4.95. The van der Waals surface area contributed by atoms with Crippen molar-refractivity contribution < 1.29 is 17.6 Å². The number of sulfonamides is 1. The number of amides is 2. The molecule has 0 spiro atoms. The minimum Gasteiger partial charge on any atom is -0.308 e. The molecule has 3 N–H and O–H groups in total. The number of para-hydroxylation sites is 1. The zero-order valence-corrected chi connectivity index (χ0v) is 19.2. The van der Waals surface area contributed by atoms with Gasteiger partial charge in [0.25, 0.3) is 10.0 Å². The van der Waals surface area contributed by atoms with Gasteiger partial charge in [-0.2, -0.15) is 5.10 Å². The van der Waals surface area contributed by atoms with Crippen molar-refractivity contribution in [1.29, 1.82) is 0 Å². The van der Waals surface area contributed by atoms with Crippen LogP contribution in [0.15, 0.2) is 83.8 Å². The molecule has 174 valence electrons. The fourth-order valence-electron chi connectivity index (χ4n) is 3.49. The van der Waals surface area contributed by atoms with E-state index in [-0.39, 0.29) is 4.90 Å². The number of carbonyl (C=O) groups is 1. The van der Waals surface area contributed by atoms with Gasteiger partial charge in [-0.05, 0) is 74.5 Å². The van der Waals surface area contributed by atoms with E-state index in [0.29, 0.717) is 34.1 Å². The minimum absolute atomic E-state index is 0.0428. The van der Waals surface area contributed by atoms with Crippen molar-refractivity contribution >= 4 is 33.1 Å². The summed E-state index contributed by atoms with van der Waals surface area (Å²) in [6, 6.07) is 20.5. The molecular weight excluding hydrogens is 457 g/mol. The van der Waals surface area contributed by atoms with Crippen LogP contribution in [-0.2, 0) is 10.0 Å². The van der Waals surface area contributed by atoms with Gasteiger partial charge in [0.05, 0.1) is 17.1 Å². The molecular formula is C24H22FN5O3S. The largest absolute Gasteiger partial charge is 0.323 e. The van der Waals surface area contributed by atoms with Crippen LogP contribution in [-0.4, -0.2) is 24.2 Å². The molecule has 0 atom stereocenters. The molecule has 3 aromatic carbocycles. The highest BCUT2D eigenvalue weighted by Crippen LogP contribution is 2.25. The maximum Gasteiger partial charge on any atom is 0.323 e. The van der Waals surface area contributed by atoms with Gasteiger partial charge in [0.2, 0.25) is 0 Å². The van der Waals surface area contributed by atoms with Crippen LogP contribution in [0, 0.1) is 19.7 Å². The summed E-state index contributed by atoms with van der Waals surface area (Å²) >= 11 is 0. The second-order valence-corrected chi connectivity index (χ2v) is 9.14. The van der Waals surface area contributed by atoms with Crippen molar-refractivity contribution in [2.24, 2.45) is 0 Å². The first-order valence-electron chi connectivity index (χ1n) is 10.3. The number of aromatic nitrogens is 2. The zero-order chi connectivity index (χ0) is 24.3. The van der Waals surface area contributed by atoms with Gasteiger partial charge in [0, 0.05) is 17.1 Å². The van der Waals surface area contributed by atoms with Gasteiger partial charge < -0.3 is 10.6 Å². The van der Waals surface area contributed by atoms with Gasteiger partial charge in [-0.1, -0.05) is 18.2 Å². The van der Waals surface area contributed by atoms with E-state index < -0.39 is 21.9 Å². The molecule has 0 saturated heterocycles. The SMILES string of the molecule is Cc1nn(-c2ccc(F)cc2)c(C)c1S(=O)(=O)Nc1ccc(NC(=O)Nc2ccccc2)cc1. The topological polar surface area (TPSA) is 105 Å². The first-order chi connectivity index (χ1) is 16.2. The second kappa shape index (κ2) is 9.36. The van der Waals surface area contributed by atoms with Crippen LogP contribution in [0.2, 0.25) is 0 Å². The predicted molar refractivity (Wildman–Crippen MR) is 129 cm³/mol. The molecule has 0 bridgehead atoms. The van der Waals surface area contributed by atoms with Gasteiger partial charge in [0.15, 0.2) is 0 Å². The third kappa shape index (κ3) is 5.07. The highest BCUT2D eigenvalue weighted by atomic mass is 32.2. The minimum atomic E-state index is -3.95. The Labute approximate surface area is 196 Å². The predicted octanol–water partition coefficient (Wildman–Crippen LogP) is 5.07. The van der Waals surface area contributed by atoms with Crippen LogP contribution in [0.1, 0.15) is 11.4 Å². The average Bonchev–Trinajstić information content (AvgIpc) is 3.10. The van der Waals surface area contributed by atoms with Crippen molar-refractivity contribution in [3.63, 3.8) is 0 Å². The Morgan fingerprint density at radius 3 is 2.00 bits per heavy atom. The number of aryl methyl sites for hydroxylation is 1. The van der Waals surface area contributed by atoms with Crippen LogP contribution in [0.4, 0.5) is 26.2 Å². The summed E-state index contributed by atoms with van der Waals surface area (Å²) in [5.74, 6) is -0.393. The lowest BCUT2D eigenvalue weighted by atomic mass is 10.3. The van der Waals surface area contributed by atoms with Gasteiger partial charge >= 0.3 is 6.03 Å². The van der Waals surface area contributed by atoms with Gasteiger partial charge in [-0.15, -0.1) is 0 Å². The van der Waals surface area contributed by atoms with Gasteiger partial charge in [-0.25, -0.2) is 22.3 Å². The number of carbonyl (C=O) groups excluding carboxylic acids is 1. The Morgan fingerprint density at radius 1 is 0.824 bits per heavy atom. The molecule has 4 aromatic rings. The van der Waals surface area contributed by atoms with Crippen LogP contribution >= 0.6 is 0 Å². The summed E-state index contributed by atoms with van der Waals surface area (Å²) in [6.07, 6.45) is 0. The molecule has 1 aromatic heterocycles. The number of nitrogens with one attached hydrogen (secondary N) is 3. The molecule has 2 amide bonds. The highest BCUT2D eigenvalue weighted by Gasteiger charge is 2.25. The van der Waals surface area contributed by atoms with Gasteiger partial charge in [0.1, 0.15) is 10.7 Å². The Bertz CT molecular complexity index is 1420. The van der Waals surface area contributed by atoms with Crippen LogP contribution in [0.3, 0.4) is 0 Å². The Kier molecular flexibility index (Phi) is 6.33. The molecule has 8 nitrogen and oxygen atoms in total. The van der Waals surface area contributed by atoms with E-state index in [1.807, 2.05) is 18.2 Å². The summed E-state index contributed by atoms with van der Waals surface area (Å²) in [6.45, 7) is 3.23. The van der Waals surface area contributed by atoms with Crippen molar-refractivity contribution in [3.05, 3.63) is 96.1 Å². The summed E-state index contributed by atoms with van der Waals surface area (Å²) in [4.78, 5) is 12.2. The lowest BCUT2D eigenvalue weighted by Gasteiger charge is -2.11. The Hall–Kier alpha value is -4.18. The molecule has 0 aliphatic rings. The summed E-state index contributed by atoms with van der Waals surface area (Å²) in [5, 5.41) is 9.71. The van der Waals surface area contributed by atoms with E-state index in [9.17, 15) is 17.6 Å². The number of hydrogen-bond donors (Lipinski definition) is 3. The lowest BCUT2D eigenvalue weighted by molar-refractivity contribution is 0.262. The highest BCUT2D eigenvalue weighted by molar-refractivity contribution is 7.92. The van der Waals surface area contributed by atoms with E-state index in [0.717, 1.165) is 0 Å². The van der Waals surface area contributed by atoms with Crippen molar-refractivity contribution in [1.82, 2.24) is 9.78 Å². The maximum atomic E-state index is 13.3. The molecule has 1 heterocycles. The van der Waals surface area contributed by atoms with E-state index >= 15 is 0 Å². The quantitative estimate of drug-likeness (QED) is 0.359. The number of hydrogen-bond acceptors (Lipinski definition) is 4. The van der Waals surface area contributed by atoms with Gasteiger partial charge in [-0.3, -0.25) is 4.72 Å². The summed E-state index contributed by atoms with van der Waals surface area (Å²) in [5.41, 5.74) is 2.72. The van der Waals surface area contributed by atoms with Crippen molar-refractivity contribution in [2.45, 2.75) is 18.7 Å². The third-order valence-electron chi connectivity index (χ3n) is 4.99. The molecule has 0 fully saturated rings. The Morgan fingerprint density at radius 2 is 1.38 bits per heavy atom. The van der Waals surface area contributed by atoms with Crippen LogP contribution in [0.5, 0.6) is 0 Å². The second-order valence-electron chi connectivity index (χ2n) is 7.52.